The first-order chi connectivity index (χ1) is 12.8. The molecule has 0 fully saturated rings. The van der Waals surface area contributed by atoms with Crippen LogP contribution < -0.4 is 15.4 Å². The molecule has 0 bridgehead atoms. The zero-order valence-electron chi connectivity index (χ0n) is 16.6. The van der Waals surface area contributed by atoms with Gasteiger partial charge in [-0.3, -0.25) is 9.59 Å². The molecule has 2 N–H and O–H groups in total. The highest BCUT2D eigenvalue weighted by Crippen LogP contribution is 2.20. The number of benzene rings is 2. The summed E-state index contributed by atoms with van der Waals surface area (Å²) in [4.78, 5) is 25.6. The molecule has 0 saturated carbocycles. The van der Waals surface area contributed by atoms with E-state index in [1.165, 1.54) is 0 Å². The molecule has 0 aliphatic heterocycles. The van der Waals surface area contributed by atoms with E-state index in [1.807, 2.05) is 58.9 Å². The van der Waals surface area contributed by atoms with Crippen molar-refractivity contribution in [3.8, 4) is 5.75 Å². The van der Waals surface area contributed by atoms with Crippen molar-refractivity contribution in [3.63, 3.8) is 0 Å². The largest absolute Gasteiger partial charge is 0.493 e. The van der Waals surface area contributed by atoms with Crippen LogP contribution in [0.3, 0.4) is 0 Å². The van der Waals surface area contributed by atoms with E-state index in [-0.39, 0.29) is 17.7 Å². The summed E-state index contributed by atoms with van der Waals surface area (Å²) in [5, 5.41) is 5.78. The smallest absolute Gasteiger partial charge is 0.255 e. The van der Waals surface area contributed by atoms with Crippen LogP contribution in [-0.2, 0) is 4.79 Å². The van der Waals surface area contributed by atoms with Crippen molar-refractivity contribution < 1.29 is 14.3 Å². The standard InChI is InChI=1S/C22H28N2O3/c1-6-27-19-10-8-7-9-17(19)21(25)24-20(14(2)3)22(26)23-18-12-11-15(4)13-16(18)5/h7-14,20H,6H2,1-5H3,(H,23,26)(H,24,25). The van der Waals surface area contributed by atoms with E-state index in [0.717, 1.165) is 16.8 Å². The molecule has 0 aliphatic rings. The van der Waals surface area contributed by atoms with Gasteiger partial charge in [-0.25, -0.2) is 0 Å². The summed E-state index contributed by atoms with van der Waals surface area (Å²) in [6.45, 7) is 10.1. The minimum absolute atomic E-state index is 0.0704. The van der Waals surface area contributed by atoms with Crippen LogP contribution in [0.5, 0.6) is 5.75 Å². The molecular weight excluding hydrogens is 340 g/mol. The molecule has 27 heavy (non-hydrogen) atoms. The third kappa shape index (κ3) is 5.33. The Morgan fingerprint density at radius 3 is 2.41 bits per heavy atom. The first-order valence-corrected chi connectivity index (χ1v) is 9.24. The average Bonchev–Trinajstić information content (AvgIpc) is 2.62. The molecule has 1 atom stereocenters. The number of anilines is 1. The molecule has 5 nitrogen and oxygen atoms in total. The van der Waals surface area contributed by atoms with Crippen LogP contribution in [0.4, 0.5) is 5.69 Å². The zero-order valence-corrected chi connectivity index (χ0v) is 16.6. The quantitative estimate of drug-likeness (QED) is 0.773. The number of para-hydroxylation sites is 1. The zero-order chi connectivity index (χ0) is 20.0. The van der Waals surface area contributed by atoms with Crippen LogP contribution in [-0.4, -0.2) is 24.5 Å². The fourth-order valence-electron chi connectivity index (χ4n) is 2.85. The van der Waals surface area contributed by atoms with Crippen molar-refractivity contribution in [2.24, 2.45) is 5.92 Å². The van der Waals surface area contributed by atoms with Gasteiger partial charge in [0.05, 0.1) is 12.2 Å². The van der Waals surface area contributed by atoms with Gasteiger partial charge >= 0.3 is 0 Å². The normalized spacial score (nSPS) is 11.8. The second-order valence-corrected chi connectivity index (χ2v) is 6.93. The third-order valence-electron chi connectivity index (χ3n) is 4.31. The van der Waals surface area contributed by atoms with Gasteiger partial charge in [-0.05, 0) is 50.5 Å². The molecule has 2 aromatic rings. The molecule has 0 heterocycles. The molecule has 0 radical (unpaired) electrons. The molecule has 2 aromatic carbocycles. The van der Waals surface area contributed by atoms with Crippen LogP contribution >= 0.6 is 0 Å². The number of hydrogen-bond acceptors (Lipinski definition) is 3. The summed E-state index contributed by atoms with van der Waals surface area (Å²) in [7, 11) is 0. The maximum absolute atomic E-state index is 12.8. The lowest BCUT2D eigenvalue weighted by Crippen LogP contribution is -2.47. The van der Waals surface area contributed by atoms with Crippen LogP contribution in [0, 0.1) is 19.8 Å². The predicted octanol–water partition coefficient (Wildman–Crippen LogP) is 4.10. The lowest BCUT2D eigenvalue weighted by molar-refractivity contribution is -0.118. The van der Waals surface area contributed by atoms with Crippen molar-refractivity contribution in [3.05, 3.63) is 59.2 Å². The van der Waals surface area contributed by atoms with E-state index in [9.17, 15) is 9.59 Å². The van der Waals surface area contributed by atoms with Crippen molar-refractivity contribution >= 4 is 17.5 Å². The predicted molar refractivity (Wildman–Crippen MR) is 108 cm³/mol. The average molecular weight is 368 g/mol. The molecular formula is C22H28N2O3. The maximum Gasteiger partial charge on any atom is 0.255 e. The lowest BCUT2D eigenvalue weighted by Gasteiger charge is -2.23. The summed E-state index contributed by atoms with van der Waals surface area (Å²) < 4.78 is 5.52. The van der Waals surface area contributed by atoms with Gasteiger partial charge in [-0.15, -0.1) is 0 Å². The third-order valence-corrected chi connectivity index (χ3v) is 4.31. The number of carbonyl (C=O) groups excluding carboxylic acids is 2. The first-order valence-electron chi connectivity index (χ1n) is 9.24. The molecule has 5 heteroatoms. The number of nitrogens with one attached hydrogen (secondary N) is 2. The van der Waals surface area contributed by atoms with Crippen LogP contribution in [0.1, 0.15) is 42.3 Å². The molecule has 1 unspecified atom stereocenters. The number of ether oxygens (including phenoxy) is 1. The summed E-state index contributed by atoms with van der Waals surface area (Å²) in [5.41, 5.74) is 3.29. The number of aryl methyl sites for hydroxylation is 2. The van der Waals surface area contributed by atoms with E-state index in [2.05, 4.69) is 10.6 Å². The van der Waals surface area contributed by atoms with E-state index in [4.69, 9.17) is 4.74 Å². The Bertz CT molecular complexity index is 815. The lowest BCUT2D eigenvalue weighted by atomic mass is 10.0. The van der Waals surface area contributed by atoms with Crippen LogP contribution in [0.15, 0.2) is 42.5 Å². The van der Waals surface area contributed by atoms with Crippen molar-refractivity contribution in [1.82, 2.24) is 5.32 Å². The Morgan fingerprint density at radius 2 is 1.78 bits per heavy atom. The van der Waals surface area contributed by atoms with Crippen LogP contribution in [0.2, 0.25) is 0 Å². The molecule has 2 amide bonds. The molecule has 0 aliphatic carbocycles. The van der Waals surface area contributed by atoms with Gasteiger partial charge in [-0.1, -0.05) is 43.7 Å². The fourth-order valence-corrected chi connectivity index (χ4v) is 2.85. The summed E-state index contributed by atoms with van der Waals surface area (Å²) >= 11 is 0. The van der Waals surface area contributed by atoms with E-state index in [0.29, 0.717) is 17.9 Å². The minimum atomic E-state index is -0.659. The number of carbonyl (C=O) groups is 2. The molecule has 0 saturated heterocycles. The molecule has 0 spiro atoms. The van der Waals surface area contributed by atoms with Crippen molar-refractivity contribution in [2.45, 2.75) is 40.7 Å². The van der Waals surface area contributed by atoms with E-state index in [1.54, 1.807) is 18.2 Å². The highest BCUT2D eigenvalue weighted by Gasteiger charge is 2.26. The van der Waals surface area contributed by atoms with E-state index < -0.39 is 6.04 Å². The van der Waals surface area contributed by atoms with Crippen molar-refractivity contribution in [1.29, 1.82) is 0 Å². The maximum atomic E-state index is 12.8. The van der Waals surface area contributed by atoms with E-state index >= 15 is 0 Å². The van der Waals surface area contributed by atoms with Gasteiger partial charge in [0.2, 0.25) is 5.91 Å². The Balaban J connectivity index is 2.17. The number of hydrogen-bond donors (Lipinski definition) is 2. The molecule has 144 valence electrons. The molecule has 0 aromatic heterocycles. The summed E-state index contributed by atoms with van der Waals surface area (Å²) in [6.07, 6.45) is 0. The van der Waals surface area contributed by atoms with Gasteiger partial charge in [0, 0.05) is 5.69 Å². The Labute approximate surface area is 161 Å². The Morgan fingerprint density at radius 1 is 1.07 bits per heavy atom. The second kappa shape index (κ2) is 9.21. The Hall–Kier alpha value is -2.82. The highest BCUT2D eigenvalue weighted by atomic mass is 16.5. The number of amides is 2. The summed E-state index contributed by atoms with van der Waals surface area (Å²) in [6, 6.07) is 12.2. The monoisotopic (exact) mass is 368 g/mol. The minimum Gasteiger partial charge on any atom is -0.493 e. The fraction of sp³-hybridized carbons (Fsp3) is 0.364. The van der Waals surface area contributed by atoms with Crippen LogP contribution in [0.25, 0.3) is 0 Å². The SMILES string of the molecule is CCOc1ccccc1C(=O)NC(C(=O)Nc1ccc(C)cc1C)C(C)C. The number of rotatable bonds is 7. The van der Waals surface area contributed by atoms with Gasteiger partial charge in [0.25, 0.3) is 5.91 Å². The van der Waals surface area contributed by atoms with Gasteiger partial charge in [0.1, 0.15) is 11.8 Å². The Kier molecular flexibility index (Phi) is 6.99. The van der Waals surface area contributed by atoms with Gasteiger partial charge in [-0.2, -0.15) is 0 Å². The van der Waals surface area contributed by atoms with Gasteiger partial charge < -0.3 is 15.4 Å². The first kappa shape index (κ1) is 20.5. The summed E-state index contributed by atoms with van der Waals surface area (Å²) in [5.74, 6) is -0.124. The van der Waals surface area contributed by atoms with Gasteiger partial charge in [0.15, 0.2) is 0 Å². The molecule has 2 rings (SSSR count). The topological polar surface area (TPSA) is 67.4 Å². The van der Waals surface area contributed by atoms with Crippen molar-refractivity contribution in [2.75, 3.05) is 11.9 Å². The second-order valence-electron chi connectivity index (χ2n) is 6.93. The highest BCUT2D eigenvalue weighted by molar-refractivity contribution is 6.02.